The molecule has 2 atom stereocenters. The van der Waals surface area contributed by atoms with Crippen LogP contribution in [0.2, 0.25) is 0 Å². The van der Waals surface area contributed by atoms with Crippen molar-refractivity contribution in [3.05, 3.63) is 54.1 Å². The molecule has 2 unspecified atom stereocenters. The molecule has 0 saturated carbocycles. The quantitative estimate of drug-likeness (QED) is 0.603. The topological polar surface area (TPSA) is 59.4 Å². The van der Waals surface area contributed by atoms with Gasteiger partial charge in [-0.3, -0.25) is 9.78 Å². The van der Waals surface area contributed by atoms with E-state index in [1.807, 2.05) is 0 Å². The van der Waals surface area contributed by atoms with Crippen LogP contribution in [0.4, 0.5) is 4.39 Å². The van der Waals surface area contributed by atoms with Crippen molar-refractivity contribution in [3.8, 4) is 0 Å². The van der Waals surface area contributed by atoms with E-state index in [-0.39, 0.29) is 0 Å². The van der Waals surface area contributed by atoms with Crippen LogP contribution in [-0.4, -0.2) is 17.0 Å². The van der Waals surface area contributed by atoms with Crippen LogP contribution in [0.5, 0.6) is 0 Å². The summed E-state index contributed by atoms with van der Waals surface area (Å²) in [7, 11) is 0. The highest BCUT2D eigenvalue weighted by Gasteiger charge is 2.45. The van der Waals surface area contributed by atoms with Crippen molar-refractivity contribution in [2.24, 2.45) is 10.9 Å². The first-order valence-electron chi connectivity index (χ1n) is 5.68. The van der Waals surface area contributed by atoms with Gasteiger partial charge in [0.2, 0.25) is 6.08 Å². The van der Waals surface area contributed by atoms with Crippen LogP contribution in [-0.2, 0) is 15.0 Å². The maximum Gasteiger partial charge on any atom is 0.264 e. The number of hydrogen-bond acceptors (Lipinski definition) is 3. The molecule has 0 saturated heterocycles. The van der Waals surface area contributed by atoms with Gasteiger partial charge in [-0.15, -0.1) is 4.99 Å². The van der Waals surface area contributed by atoms with E-state index in [1.54, 1.807) is 25.1 Å². The Kier molecular flexibility index (Phi) is 3.49. The fourth-order valence-electron chi connectivity index (χ4n) is 2.16. The van der Waals surface area contributed by atoms with Crippen LogP contribution in [0.25, 0.3) is 0 Å². The minimum atomic E-state index is -1.26. The average molecular weight is 258 g/mol. The first-order chi connectivity index (χ1) is 9.10. The summed E-state index contributed by atoms with van der Waals surface area (Å²) < 4.78 is 14.2. The third kappa shape index (κ3) is 2.16. The smallest absolute Gasteiger partial charge is 0.264 e. The molecule has 1 aromatic rings. The Labute approximate surface area is 109 Å². The number of carbonyl (C=O) groups excluding carboxylic acids is 2. The van der Waals surface area contributed by atoms with Crippen LogP contribution in [0.3, 0.4) is 0 Å². The first kappa shape index (κ1) is 13.1. The number of isocyanates is 1. The van der Waals surface area contributed by atoms with Crippen LogP contribution < -0.4 is 0 Å². The van der Waals surface area contributed by atoms with Crippen molar-refractivity contribution >= 4 is 12.0 Å². The number of hydrogen-bond donors (Lipinski definition) is 0. The molecule has 1 amide bonds. The highest BCUT2D eigenvalue weighted by Crippen LogP contribution is 2.42. The molecule has 0 bridgehead atoms. The molecule has 4 nitrogen and oxygen atoms in total. The summed E-state index contributed by atoms with van der Waals surface area (Å²) in [4.78, 5) is 29.3. The Hall–Kier alpha value is -2.39. The average Bonchev–Trinajstić information content (AvgIpc) is 2.43. The fourth-order valence-corrected chi connectivity index (χ4v) is 2.16. The molecule has 19 heavy (non-hydrogen) atoms. The van der Waals surface area contributed by atoms with Gasteiger partial charge in [-0.05, 0) is 25.1 Å². The number of pyridine rings is 1. The van der Waals surface area contributed by atoms with Gasteiger partial charge in [0, 0.05) is 6.20 Å². The number of carbonyl (C=O) groups is 1. The van der Waals surface area contributed by atoms with Gasteiger partial charge < -0.3 is 0 Å². The molecule has 0 fully saturated rings. The van der Waals surface area contributed by atoms with Gasteiger partial charge in [-0.25, -0.2) is 9.18 Å². The Morgan fingerprint density at radius 1 is 1.53 bits per heavy atom. The summed E-state index contributed by atoms with van der Waals surface area (Å²) in [5.74, 6) is -2.13. The summed E-state index contributed by atoms with van der Waals surface area (Å²) in [6.07, 6.45) is 6.95. The maximum absolute atomic E-state index is 14.2. The Balaban J connectivity index is 2.55. The van der Waals surface area contributed by atoms with Gasteiger partial charge in [0.05, 0.1) is 17.0 Å². The van der Waals surface area contributed by atoms with Crippen LogP contribution in [0.1, 0.15) is 12.6 Å². The van der Waals surface area contributed by atoms with Crippen LogP contribution in [0.15, 0.2) is 53.4 Å². The standard InChI is InChI=1S/C14H11FN2O2/c1-14(12-7-2-3-8-16-12)10(13(19)17-9-18)5-4-6-11(14)15/h2-8,10H,1H3. The largest absolute Gasteiger partial charge is 0.271 e. The number of halogens is 1. The Bertz CT molecular complexity index is 603. The molecule has 0 aliphatic heterocycles. The molecule has 1 aromatic heterocycles. The normalized spacial score (nSPS) is 25.4. The zero-order valence-corrected chi connectivity index (χ0v) is 10.2. The number of rotatable bonds is 2. The van der Waals surface area contributed by atoms with Gasteiger partial charge in [0.1, 0.15) is 5.83 Å². The van der Waals surface area contributed by atoms with Crippen molar-refractivity contribution in [3.63, 3.8) is 0 Å². The third-order valence-electron chi connectivity index (χ3n) is 3.28. The Morgan fingerprint density at radius 3 is 2.95 bits per heavy atom. The van der Waals surface area contributed by atoms with Crippen molar-refractivity contribution in [2.45, 2.75) is 12.3 Å². The number of aliphatic imine (C=N–C) groups is 1. The molecular formula is C14H11FN2O2. The predicted molar refractivity (Wildman–Crippen MR) is 66.5 cm³/mol. The molecule has 1 heterocycles. The monoisotopic (exact) mass is 258 g/mol. The van der Waals surface area contributed by atoms with Crippen molar-refractivity contribution in [1.29, 1.82) is 0 Å². The fraction of sp³-hybridized carbons (Fsp3) is 0.214. The zero-order chi connectivity index (χ0) is 13.9. The molecule has 0 spiro atoms. The van der Waals surface area contributed by atoms with Crippen molar-refractivity contribution in [1.82, 2.24) is 4.98 Å². The molecule has 0 aromatic carbocycles. The van der Waals surface area contributed by atoms with Gasteiger partial charge >= 0.3 is 0 Å². The second-order valence-corrected chi connectivity index (χ2v) is 4.34. The zero-order valence-electron chi connectivity index (χ0n) is 10.2. The predicted octanol–water partition coefficient (Wildman–Crippen LogP) is 2.24. The number of allylic oxidation sites excluding steroid dienone is 3. The summed E-state index contributed by atoms with van der Waals surface area (Å²) in [5.41, 5.74) is -0.847. The highest BCUT2D eigenvalue weighted by molar-refractivity contribution is 5.87. The number of aromatic nitrogens is 1. The van der Waals surface area contributed by atoms with E-state index >= 15 is 0 Å². The lowest BCUT2D eigenvalue weighted by Gasteiger charge is -2.33. The van der Waals surface area contributed by atoms with Gasteiger partial charge in [0.25, 0.3) is 5.91 Å². The van der Waals surface area contributed by atoms with Gasteiger partial charge in [-0.1, -0.05) is 18.2 Å². The molecule has 1 aliphatic carbocycles. The molecular weight excluding hydrogens is 247 g/mol. The van der Waals surface area contributed by atoms with Gasteiger partial charge in [0.15, 0.2) is 0 Å². The van der Waals surface area contributed by atoms with Gasteiger partial charge in [-0.2, -0.15) is 0 Å². The second-order valence-electron chi connectivity index (χ2n) is 4.34. The van der Waals surface area contributed by atoms with E-state index in [0.717, 1.165) is 0 Å². The van der Waals surface area contributed by atoms with E-state index in [2.05, 4.69) is 9.98 Å². The van der Waals surface area contributed by atoms with E-state index in [0.29, 0.717) is 5.69 Å². The minimum Gasteiger partial charge on any atom is -0.271 e. The number of amides is 1. The van der Waals surface area contributed by atoms with Crippen LogP contribution in [0, 0.1) is 5.92 Å². The molecule has 0 radical (unpaired) electrons. The lowest BCUT2D eigenvalue weighted by atomic mass is 9.70. The highest BCUT2D eigenvalue weighted by atomic mass is 19.1. The minimum absolute atomic E-state index is 0.410. The van der Waals surface area contributed by atoms with Crippen molar-refractivity contribution in [2.75, 3.05) is 0 Å². The second kappa shape index (κ2) is 5.08. The maximum atomic E-state index is 14.2. The van der Waals surface area contributed by atoms with Crippen molar-refractivity contribution < 1.29 is 14.0 Å². The Morgan fingerprint density at radius 2 is 2.32 bits per heavy atom. The molecule has 5 heteroatoms. The SMILES string of the molecule is CC1(c2ccccn2)C(F)=CC=CC1C(=O)N=C=O. The molecule has 96 valence electrons. The third-order valence-corrected chi connectivity index (χ3v) is 3.28. The van der Waals surface area contributed by atoms with E-state index in [9.17, 15) is 14.0 Å². The summed E-state index contributed by atoms with van der Waals surface area (Å²) in [6, 6.07) is 5.05. The summed E-state index contributed by atoms with van der Waals surface area (Å²) in [5, 5.41) is 0. The molecule has 2 rings (SSSR count). The summed E-state index contributed by atoms with van der Waals surface area (Å²) >= 11 is 0. The van der Waals surface area contributed by atoms with E-state index in [4.69, 9.17) is 0 Å². The van der Waals surface area contributed by atoms with E-state index < -0.39 is 23.1 Å². The summed E-state index contributed by atoms with van der Waals surface area (Å²) in [6.45, 7) is 1.56. The first-order valence-corrected chi connectivity index (χ1v) is 5.68. The lowest BCUT2D eigenvalue weighted by molar-refractivity contribution is -0.121. The lowest BCUT2D eigenvalue weighted by Crippen LogP contribution is -2.38. The van der Waals surface area contributed by atoms with E-state index in [1.165, 1.54) is 30.5 Å². The molecule has 1 aliphatic rings. The molecule has 0 N–H and O–H groups in total. The number of nitrogens with zero attached hydrogens (tertiary/aromatic N) is 2. The van der Waals surface area contributed by atoms with Crippen LogP contribution >= 0.6 is 0 Å².